The van der Waals surface area contributed by atoms with Crippen LogP contribution in [0.2, 0.25) is 0 Å². The predicted molar refractivity (Wildman–Crippen MR) is 107 cm³/mol. The van der Waals surface area contributed by atoms with Crippen LogP contribution in [0.1, 0.15) is 57.5 Å². The molecular formula is C22H25NO5. The van der Waals surface area contributed by atoms with E-state index in [0.29, 0.717) is 28.3 Å². The molecule has 0 radical (unpaired) electrons. The Morgan fingerprint density at radius 3 is 2.39 bits per heavy atom. The van der Waals surface area contributed by atoms with Crippen molar-refractivity contribution in [1.82, 2.24) is 0 Å². The monoisotopic (exact) mass is 383 g/mol. The lowest BCUT2D eigenvalue weighted by Crippen LogP contribution is -2.15. The number of hydrogen-bond acceptors (Lipinski definition) is 4. The van der Waals surface area contributed by atoms with Crippen LogP contribution >= 0.6 is 0 Å². The predicted octanol–water partition coefficient (Wildman–Crippen LogP) is 4.58. The Morgan fingerprint density at radius 2 is 1.75 bits per heavy atom. The normalized spacial score (nSPS) is 14.0. The molecule has 0 unspecified atom stereocenters. The van der Waals surface area contributed by atoms with E-state index in [2.05, 4.69) is 5.32 Å². The number of carboxylic acid groups (broad SMARTS) is 1. The van der Waals surface area contributed by atoms with Crippen molar-refractivity contribution in [2.45, 2.75) is 45.6 Å². The van der Waals surface area contributed by atoms with Crippen molar-refractivity contribution < 1.29 is 24.2 Å². The first kappa shape index (κ1) is 19.7. The topological polar surface area (TPSA) is 84.9 Å². The molecule has 1 amide bonds. The Kier molecular flexibility index (Phi) is 5.87. The number of hydrogen-bond donors (Lipinski definition) is 2. The zero-order valence-electron chi connectivity index (χ0n) is 16.4. The van der Waals surface area contributed by atoms with Gasteiger partial charge in [-0.05, 0) is 74.9 Å². The fourth-order valence-electron chi connectivity index (χ4n) is 3.51. The maximum Gasteiger partial charge on any atom is 0.336 e. The molecule has 2 aromatic rings. The largest absolute Gasteiger partial charge is 0.493 e. The van der Waals surface area contributed by atoms with Crippen LogP contribution in [0.4, 0.5) is 5.69 Å². The molecular weight excluding hydrogens is 358 g/mol. The van der Waals surface area contributed by atoms with Gasteiger partial charge >= 0.3 is 5.97 Å². The van der Waals surface area contributed by atoms with Gasteiger partial charge in [0.05, 0.1) is 18.8 Å². The first-order chi connectivity index (χ1) is 13.4. The van der Waals surface area contributed by atoms with Gasteiger partial charge in [0.2, 0.25) is 0 Å². The molecule has 0 aliphatic heterocycles. The number of aryl methyl sites for hydroxylation is 2. The fraction of sp³-hybridized carbons (Fsp3) is 0.364. The first-order valence-corrected chi connectivity index (χ1v) is 9.39. The highest BCUT2D eigenvalue weighted by molar-refractivity contribution is 6.05. The van der Waals surface area contributed by atoms with E-state index in [4.69, 9.17) is 9.47 Å². The second-order valence-corrected chi connectivity index (χ2v) is 7.13. The van der Waals surface area contributed by atoms with Crippen LogP contribution in [-0.4, -0.2) is 30.2 Å². The third-order valence-corrected chi connectivity index (χ3v) is 5.07. The molecule has 0 heterocycles. The summed E-state index contributed by atoms with van der Waals surface area (Å²) in [4.78, 5) is 24.1. The molecule has 148 valence electrons. The second kappa shape index (κ2) is 8.33. The Hall–Kier alpha value is -3.02. The Labute approximate surface area is 164 Å². The summed E-state index contributed by atoms with van der Waals surface area (Å²) in [6, 6.07) is 8.29. The lowest BCUT2D eigenvalue weighted by molar-refractivity contribution is 0.0695. The molecule has 1 aliphatic carbocycles. The van der Waals surface area contributed by atoms with Crippen molar-refractivity contribution in [1.29, 1.82) is 0 Å². The molecule has 6 nitrogen and oxygen atoms in total. The fourth-order valence-corrected chi connectivity index (χ4v) is 3.51. The lowest BCUT2D eigenvalue weighted by atomic mass is 10.0. The summed E-state index contributed by atoms with van der Waals surface area (Å²) in [6.07, 6.45) is 4.43. The van der Waals surface area contributed by atoms with E-state index in [1.807, 2.05) is 6.92 Å². The van der Waals surface area contributed by atoms with Gasteiger partial charge in [-0.2, -0.15) is 0 Å². The minimum atomic E-state index is -1.02. The quantitative estimate of drug-likeness (QED) is 0.762. The average Bonchev–Trinajstić information content (AvgIpc) is 3.16. The van der Waals surface area contributed by atoms with E-state index in [-0.39, 0.29) is 17.6 Å². The number of benzene rings is 2. The van der Waals surface area contributed by atoms with Gasteiger partial charge in [0.25, 0.3) is 5.91 Å². The van der Waals surface area contributed by atoms with Crippen molar-refractivity contribution in [3.63, 3.8) is 0 Å². The molecule has 1 saturated carbocycles. The number of rotatable bonds is 6. The number of carboxylic acids is 1. The molecule has 0 aromatic heterocycles. The van der Waals surface area contributed by atoms with Crippen molar-refractivity contribution in [2.75, 3.05) is 12.4 Å². The minimum absolute atomic E-state index is 0.143. The third kappa shape index (κ3) is 4.27. The second-order valence-electron chi connectivity index (χ2n) is 7.13. The van der Waals surface area contributed by atoms with E-state index < -0.39 is 5.97 Å². The number of carbonyl (C=O) groups is 2. The third-order valence-electron chi connectivity index (χ3n) is 5.07. The molecule has 1 aliphatic rings. The maximum atomic E-state index is 12.8. The number of nitrogens with one attached hydrogen (secondary N) is 1. The first-order valence-electron chi connectivity index (χ1n) is 9.39. The number of aromatic carboxylic acids is 1. The smallest absolute Gasteiger partial charge is 0.336 e. The van der Waals surface area contributed by atoms with Crippen molar-refractivity contribution in [2.24, 2.45) is 0 Å². The van der Waals surface area contributed by atoms with E-state index >= 15 is 0 Å². The summed E-state index contributed by atoms with van der Waals surface area (Å²) in [6.45, 7) is 3.56. The molecule has 28 heavy (non-hydrogen) atoms. The number of amides is 1. The summed E-state index contributed by atoms with van der Waals surface area (Å²) in [5, 5.41) is 12.1. The molecule has 0 atom stereocenters. The van der Waals surface area contributed by atoms with Crippen LogP contribution in [0, 0.1) is 13.8 Å². The summed E-state index contributed by atoms with van der Waals surface area (Å²) in [7, 11) is 1.57. The highest BCUT2D eigenvalue weighted by Crippen LogP contribution is 2.33. The van der Waals surface area contributed by atoms with Gasteiger partial charge in [-0.25, -0.2) is 4.79 Å². The zero-order chi connectivity index (χ0) is 20.3. The molecule has 6 heteroatoms. The highest BCUT2D eigenvalue weighted by Gasteiger charge is 2.20. The number of anilines is 1. The number of ether oxygens (including phenoxy) is 2. The number of carbonyl (C=O) groups excluding carboxylic acids is 1. The van der Waals surface area contributed by atoms with E-state index in [1.165, 1.54) is 6.07 Å². The van der Waals surface area contributed by atoms with Crippen molar-refractivity contribution in [3.8, 4) is 11.5 Å². The molecule has 2 N–H and O–H groups in total. The van der Waals surface area contributed by atoms with Crippen molar-refractivity contribution in [3.05, 3.63) is 52.6 Å². The highest BCUT2D eigenvalue weighted by atomic mass is 16.5. The Bertz CT molecular complexity index is 900. The molecule has 0 spiro atoms. The standard InChI is InChI=1S/C22H25NO5/c1-13-10-14(2)18(12-17(13)22(25)26)23-21(24)15-8-9-19(27-3)20(11-15)28-16-6-4-5-7-16/h8-12,16H,4-7H2,1-3H3,(H,23,24)(H,25,26). The number of methoxy groups -OCH3 is 1. The lowest BCUT2D eigenvalue weighted by Gasteiger charge is -2.17. The maximum absolute atomic E-state index is 12.8. The average molecular weight is 383 g/mol. The van der Waals surface area contributed by atoms with Crippen LogP contribution in [0.25, 0.3) is 0 Å². The van der Waals surface area contributed by atoms with E-state index in [1.54, 1.807) is 38.3 Å². The van der Waals surface area contributed by atoms with Gasteiger partial charge in [-0.3, -0.25) is 4.79 Å². The zero-order valence-corrected chi connectivity index (χ0v) is 16.4. The van der Waals surface area contributed by atoms with E-state index in [0.717, 1.165) is 31.2 Å². The van der Waals surface area contributed by atoms with Gasteiger partial charge in [-0.15, -0.1) is 0 Å². The molecule has 3 rings (SSSR count). The molecule has 1 fully saturated rings. The summed E-state index contributed by atoms with van der Waals surface area (Å²) < 4.78 is 11.4. The van der Waals surface area contributed by atoms with Gasteiger partial charge in [-0.1, -0.05) is 6.07 Å². The summed E-state index contributed by atoms with van der Waals surface area (Å²) >= 11 is 0. The van der Waals surface area contributed by atoms with Gasteiger partial charge < -0.3 is 19.9 Å². The van der Waals surface area contributed by atoms with Gasteiger partial charge in [0, 0.05) is 11.3 Å². The molecule has 2 aromatic carbocycles. The van der Waals surface area contributed by atoms with Crippen LogP contribution in [0.5, 0.6) is 11.5 Å². The van der Waals surface area contributed by atoms with Crippen LogP contribution in [0.15, 0.2) is 30.3 Å². The van der Waals surface area contributed by atoms with E-state index in [9.17, 15) is 14.7 Å². The summed E-state index contributed by atoms with van der Waals surface area (Å²) in [5.74, 6) is -0.219. The summed E-state index contributed by atoms with van der Waals surface area (Å²) in [5.41, 5.74) is 2.51. The van der Waals surface area contributed by atoms with Gasteiger partial charge in [0.1, 0.15) is 0 Å². The Morgan fingerprint density at radius 1 is 1.04 bits per heavy atom. The minimum Gasteiger partial charge on any atom is -0.493 e. The molecule has 0 bridgehead atoms. The Balaban J connectivity index is 1.84. The van der Waals surface area contributed by atoms with Crippen molar-refractivity contribution >= 4 is 17.6 Å². The van der Waals surface area contributed by atoms with Crippen LogP contribution < -0.4 is 14.8 Å². The van der Waals surface area contributed by atoms with Crippen LogP contribution in [0.3, 0.4) is 0 Å². The SMILES string of the molecule is COc1ccc(C(=O)Nc2cc(C(=O)O)c(C)cc2C)cc1OC1CCCC1. The van der Waals surface area contributed by atoms with Crippen LogP contribution in [-0.2, 0) is 0 Å². The van der Waals surface area contributed by atoms with Gasteiger partial charge in [0.15, 0.2) is 11.5 Å². The molecule has 0 saturated heterocycles.